The first-order valence-corrected chi connectivity index (χ1v) is 11.5. The Morgan fingerprint density at radius 1 is 1.12 bits per heavy atom. The van der Waals surface area contributed by atoms with Gasteiger partial charge in [-0.05, 0) is 49.7 Å². The molecule has 0 aliphatic carbocycles. The Balaban J connectivity index is 1.54. The Labute approximate surface area is 199 Å². The van der Waals surface area contributed by atoms with Gasteiger partial charge in [0.05, 0.1) is 5.75 Å². The van der Waals surface area contributed by atoms with E-state index in [1.165, 1.54) is 0 Å². The highest BCUT2D eigenvalue weighted by atomic mass is 35.5. The SMILES string of the molecule is CCC1(C)NC(=O)N(NC(=O)CSc2nnc(-c3ccc(Cl)cc3)n2-c2ccccc2)C1=O. The lowest BCUT2D eigenvalue weighted by Crippen LogP contribution is -2.49. The summed E-state index contributed by atoms with van der Waals surface area (Å²) in [5, 5.41) is 13.0. The fraction of sp³-hybridized carbons (Fsp3) is 0.227. The van der Waals surface area contributed by atoms with E-state index in [4.69, 9.17) is 11.6 Å². The molecule has 33 heavy (non-hydrogen) atoms. The molecule has 4 rings (SSSR count). The van der Waals surface area contributed by atoms with Crippen LogP contribution in [0.2, 0.25) is 5.02 Å². The van der Waals surface area contributed by atoms with Gasteiger partial charge in [0.2, 0.25) is 5.91 Å². The van der Waals surface area contributed by atoms with Gasteiger partial charge >= 0.3 is 6.03 Å². The van der Waals surface area contributed by atoms with Crippen molar-refractivity contribution < 1.29 is 14.4 Å². The molecular formula is C22H21ClN6O3S. The molecule has 1 aromatic heterocycles. The lowest BCUT2D eigenvalue weighted by molar-refractivity contribution is -0.137. The summed E-state index contributed by atoms with van der Waals surface area (Å²) < 4.78 is 1.84. The molecule has 1 fully saturated rings. The van der Waals surface area contributed by atoms with E-state index < -0.39 is 23.4 Å². The van der Waals surface area contributed by atoms with Crippen molar-refractivity contribution in [3.63, 3.8) is 0 Å². The van der Waals surface area contributed by atoms with Crippen LogP contribution in [0, 0.1) is 0 Å². The number of imide groups is 1. The number of thioether (sulfide) groups is 1. The first-order chi connectivity index (χ1) is 15.8. The van der Waals surface area contributed by atoms with Gasteiger partial charge in [-0.15, -0.1) is 10.2 Å². The smallest absolute Gasteiger partial charge is 0.322 e. The zero-order valence-corrected chi connectivity index (χ0v) is 19.5. The zero-order chi connectivity index (χ0) is 23.6. The van der Waals surface area contributed by atoms with Crippen molar-refractivity contribution in [3.8, 4) is 17.1 Å². The number of benzene rings is 2. The number of carbonyl (C=O) groups excluding carboxylic acids is 3. The second kappa shape index (κ2) is 9.24. The Kier molecular flexibility index (Phi) is 6.39. The Hall–Kier alpha value is -3.37. The average Bonchev–Trinajstić information content (AvgIpc) is 3.33. The summed E-state index contributed by atoms with van der Waals surface area (Å²) in [6.07, 6.45) is 0.409. The van der Waals surface area contributed by atoms with E-state index in [1.54, 1.807) is 26.0 Å². The molecule has 0 saturated carbocycles. The van der Waals surface area contributed by atoms with Crippen LogP contribution < -0.4 is 10.7 Å². The number of para-hydroxylation sites is 1. The van der Waals surface area contributed by atoms with E-state index in [0.717, 1.165) is 28.0 Å². The fourth-order valence-electron chi connectivity index (χ4n) is 3.27. The molecule has 1 atom stereocenters. The highest BCUT2D eigenvalue weighted by Crippen LogP contribution is 2.28. The topological polar surface area (TPSA) is 109 Å². The van der Waals surface area contributed by atoms with Crippen LogP contribution in [0.15, 0.2) is 59.8 Å². The van der Waals surface area contributed by atoms with Crippen LogP contribution in [0.4, 0.5) is 4.79 Å². The van der Waals surface area contributed by atoms with Crippen molar-refractivity contribution in [3.05, 3.63) is 59.6 Å². The van der Waals surface area contributed by atoms with Gasteiger partial charge < -0.3 is 5.32 Å². The molecule has 9 nitrogen and oxygen atoms in total. The van der Waals surface area contributed by atoms with Crippen molar-refractivity contribution in [2.75, 3.05) is 5.75 Å². The number of rotatable bonds is 7. The maximum Gasteiger partial charge on any atom is 0.344 e. The molecule has 2 N–H and O–H groups in total. The van der Waals surface area contributed by atoms with Gasteiger partial charge in [0.25, 0.3) is 5.91 Å². The number of amides is 4. The van der Waals surface area contributed by atoms with Gasteiger partial charge in [0.15, 0.2) is 11.0 Å². The fourth-order valence-corrected chi connectivity index (χ4v) is 4.14. The largest absolute Gasteiger partial charge is 0.344 e. The van der Waals surface area contributed by atoms with Crippen molar-refractivity contribution >= 4 is 41.2 Å². The molecule has 3 aromatic rings. The third kappa shape index (κ3) is 4.57. The number of halogens is 1. The highest BCUT2D eigenvalue weighted by Gasteiger charge is 2.47. The van der Waals surface area contributed by atoms with Crippen molar-refractivity contribution in [1.82, 2.24) is 30.5 Å². The first-order valence-electron chi connectivity index (χ1n) is 10.2. The number of nitrogens with zero attached hydrogens (tertiary/aromatic N) is 4. The summed E-state index contributed by atoms with van der Waals surface area (Å²) in [5.74, 6) is -0.496. The molecule has 170 valence electrons. The normalized spacial score (nSPS) is 17.8. The lowest BCUT2D eigenvalue weighted by Gasteiger charge is -2.19. The van der Waals surface area contributed by atoms with Crippen LogP contribution in [-0.4, -0.2) is 48.9 Å². The number of hydrazine groups is 1. The second-order valence-electron chi connectivity index (χ2n) is 7.56. The molecule has 1 aliphatic rings. The van der Waals surface area contributed by atoms with Crippen molar-refractivity contribution in [2.24, 2.45) is 0 Å². The Morgan fingerprint density at radius 2 is 1.82 bits per heavy atom. The number of carbonyl (C=O) groups is 3. The lowest BCUT2D eigenvalue weighted by atomic mass is 10.00. The second-order valence-corrected chi connectivity index (χ2v) is 8.94. The summed E-state index contributed by atoms with van der Waals surface area (Å²) in [5.41, 5.74) is 2.99. The summed E-state index contributed by atoms with van der Waals surface area (Å²) >= 11 is 7.16. The van der Waals surface area contributed by atoms with Crippen LogP contribution in [-0.2, 0) is 9.59 Å². The van der Waals surface area contributed by atoms with E-state index in [9.17, 15) is 14.4 Å². The quantitative estimate of drug-likeness (QED) is 0.393. The minimum absolute atomic E-state index is 0.0779. The van der Waals surface area contributed by atoms with Crippen molar-refractivity contribution in [1.29, 1.82) is 0 Å². The van der Waals surface area contributed by atoms with Gasteiger partial charge in [0, 0.05) is 16.3 Å². The Bertz CT molecular complexity index is 1200. The van der Waals surface area contributed by atoms with Gasteiger partial charge in [0.1, 0.15) is 5.54 Å². The van der Waals surface area contributed by atoms with Crippen LogP contribution in [0.5, 0.6) is 0 Å². The number of hydrogen-bond acceptors (Lipinski definition) is 6. The monoisotopic (exact) mass is 484 g/mol. The van der Waals surface area contributed by atoms with Gasteiger partial charge in [-0.3, -0.25) is 19.6 Å². The summed E-state index contributed by atoms with van der Waals surface area (Å²) in [4.78, 5) is 37.2. The maximum absolute atomic E-state index is 12.5. The van der Waals surface area contributed by atoms with Crippen molar-refractivity contribution in [2.45, 2.75) is 31.0 Å². The third-order valence-corrected chi connectivity index (χ3v) is 6.47. The van der Waals surface area contributed by atoms with Crippen LogP contribution in [0.3, 0.4) is 0 Å². The number of urea groups is 1. The molecular weight excluding hydrogens is 464 g/mol. The number of nitrogens with one attached hydrogen (secondary N) is 2. The van der Waals surface area contributed by atoms with Crippen LogP contribution in [0.1, 0.15) is 20.3 Å². The number of aromatic nitrogens is 3. The zero-order valence-electron chi connectivity index (χ0n) is 17.9. The predicted molar refractivity (Wildman–Crippen MR) is 125 cm³/mol. The molecule has 0 radical (unpaired) electrons. The molecule has 4 amide bonds. The Morgan fingerprint density at radius 3 is 2.45 bits per heavy atom. The average molecular weight is 485 g/mol. The summed E-state index contributed by atoms with van der Waals surface area (Å²) in [6.45, 7) is 3.41. The van der Waals surface area contributed by atoms with Crippen LogP contribution >= 0.6 is 23.4 Å². The van der Waals surface area contributed by atoms with Gasteiger partial charge in [-0.25, -0.2) is 4.79 Å². The van der Waals surface area contributed by atoms with Gasteiger partial charge in [-0.1, -0.05) is 48.5 Å². The maximum atomic E-state index is 12.5. The molecule has 1 saturated heterocycles. The van der Waals surface area contributed by atoms with E-state index in [1.807, 2.05) is 47.0 Å². The molecule has 2 heterocycles. The predicted octanol–water partition coefficient (Wildman–Crippen LogP) is 3.43. The standard InChI is InChI=1S/C22H21ClN6O3S/c1-3-22(2)19(31)29(20(32)24-22)27-17(30)13-33-21-26-25-18(14-9-11-15(23)12-10-14)28(21)16-7-5-4-6-8-16/h4-12H,3,13H2,1-2H3,(H,24,32)(H,27,30). The van der Waals surface area contributed by atoms with E-state index >= 15 is 0 Å². The molecule has 0 spiro atoms. The molecule has 1 unspecified atom stereocenters. The molecule has 0 bridgehead atoms. The highest BCUT2D eigenvalue weighted by molar-refractivity contribution is 7.99. The van der Waals surface area contributed by atoms with E-state index in [-0.39, 0.29) is 5.75 Å². The minimum atomic E-state index is -1.03. The third-order valence-electron chi connectivity index (χ3n) is 5.29. The van der Waals surface area contributed by atoms with Crippen LogP contribution in [0.25, 0.3) is 17.1 Å². The van der Waals surface area contributed by atoms with Gasteiger partial charge in [-0.2, -0.15) is 5.01 Å². The summed E-state index contributed by atoms with van der Waals surface area (Å²) in [6, 6.07) is 16.1. The molecule has 11 heteroatoms. The molecule has 2 aromatic carbocycles. The molecule has 1 aliphatic heterocycles. The summed E-state index contributed by atoms with van der Waals surface area (Å²) in [7, 11) is 0. The van der Waals surface area contributed by atoms with E-state index in [2.05, 4.69) is 20.9 Å². The van der Waals surface area contributed by atoms with E-state index in [0.29, 0.717) is 22.4 Å². The number of hydrogen-bond donors (Lipinski definition) is 2. The first kappa shape index (κ1) is 22.8. The minimum Gasteiger partial charge on any atom is -0.322 e.